The third kappa shape index (κ3) is 3.48. The molecule has 1 unspecified atom stereocenters. The number of thiazole rings is 1. The number of amides is 1. The van der Waals surface area contributed by atoms with E-state index in [4.69, 9.17) is 14.9 Å². The van der Waals surface area contributed by atoms with Gasteiger partial charge in [0.05, 0.1) is 17.6 Å². The molecule has 0 saturated carbocycles. The Kier molecular flexibility index (Phi) is 4.82. The number of nitrogens with two attached hydrogens (primary N) is 1. The van der Waals surface area contributed by atoms with Crippen LogP contribution in [0.2, 0.25) is 0 Å². The molecular weight excluding hydrogens is 390 g/mol. The van der Waals surface area contributed by atoms with Crippen molar-refractivity contribution in [2.24, 2.45) is 0 Å². The van der Waals surface area contributed by atoms with E-state index in [1.165, 1.54) is 11.3 Å². The smallest absolute Gasteiger partial charge is 0.339 e. The van der Waals surface area contributed by atoms with Gasteiger partial charge in [0.15, 0.2) is 11.2 Å². The standard InChI is InChI=1S/C21H23N3O4S/c1-10-7-15(18-11(2)12(3)20(26)28-16(18)8-10)27-13(4)19(25)24-6-5-14-17(9-24)29-21(22)23-14/h7-8,13H,5-6,9H2,1-4H3,(H2,22,23). The summed E-state index contributed by atoms with van der Waals surface area (Å²) in [6.07, 6.45) is 0.0108. The molecule has 1 aromatic carbocycles. The van der Waals surface area contributed by atoms with Crippen molar-refractivity contribution in [2.45, 2.75) is 46.8 Å². The summed E-state index contributed by atoms with van der Waals surface area (Å²) in [6.45, 7) is 8.32. The van der Waals surface area contributed by atoms with Gasteiger partial charge in [0.25, 0.3) is 5.91 Å². The summed E-state index contributed by atoms with van der Waals surface area (Å²) in [4.78, 5) is 32.2. The predicted octanol–water partition coefficient (Wildman–Crippen LogP) is 3.11. The largest absolute Gasteiger partial charge is 0.480 e. The van der Waals surface area contributed by atoms with Crippen LogP contribution in [0.4, 0.5) is 5.13 Å². The maximum absolute atomic E-state index is 13.0. The first-order valence-corrected chi connectivity index (χ1v) is 10.3. The Hall–Kier alpha value is -2.87. The van der Waals surface area contributed by atoms with E-state index in [2.05, 4.69) is 4.98 Å². The average molecular weight is 413 g/mol. The van der Waals surface area contributed by atoms with E-state index < -0.39 is 6.10 Å². The fraction of sp³-hybridized carbons (Fsp3) is 0.381. The number of hydrogen-bond acceptors (Lipinski definition) is 7. The van der Waals surface area contributed by atoms with Crippen molar-refractivity contribution in [3.63, 3.8) is 0 Å². The second-order valence-corrected chi connectivity index (χ2v) is 8.58. The van der Waals surface area contributed by atoms with Crippen LogP contribution in [0.15, 0.2) is 21.3 Å². The van der Waals surface area contributed by atoms with Gasteiger partial charge < -0.3 is 19.8 Å². The van der Waals surface area contributed by atoms with Crippen LogP contribution in [0, 0.1) is 20.8 Å². The quantitative estimate of drug-likeness (QED) is 0.663. The molecule has 7 nitrogen and oxygen atoms in total. The summed E-state index contributed by atoms with van der Waals surface area (Å²) in [7, 11) is 0. The van der Waals surface area contributed by atoms with Gasteiger partial charge in [-0.2, -0.15) is 0 Å². The van der Waals surface area contributed by atoms with Crippen LogP contribution in [0.25, 0.3) is 11.0 Å². The van der Waals surface area contributed by atoms with Gasteiger partial charge in [0.2, 0.25) is 0 Å². The number of aromatic nitrogens is 1. The van der Waals surface area contributed by atoms with Crippen molar-refractivity contribution in [2.75, 3.05) is 12.3 Å². The number of nitrogens with zero attached hydrogens (tertiary/aromatic N) is 2. The minimum absolute atomic E-state index is 0.0935. The molecule has 3 heterocycles. The highest BCUT2D eigenvalue weighted by Gasteiger charge is 2.28. The summed E-state index contributed by atoms with van der Waals surface area (Å²) in [6, 6.07) is 3.68. The van der Waals surface area contributed by atoms with E-state index in [0.29, 0.717) is 41.5 Å². The number of fused-ring (bicyclic) bond motifs is 2. The summed E-state index contributed by atoms with van der Waals surface area (Å²) in [5.41, 5.74) is 9.11. The topological polar surface area (TPSA) is 98.7 Å². The maximum Gasteiger partial charge on any atom is 0.339 e. The van der Waals surface area contributed by atoms with Gasteiger partial charge in [-0.25, -0.2) is 9.78 Å². The molecule has 2 aromatic heterocycles. The Labute approximate surface area is 172 Å². The molecule has 0 fully saturated rings. The van der Waals surface area contributed by atoms with Crippen molar-refractivity contribution in [1.29, 1.82) is 0 Å². The molecule has 2 N–H and O–H groups in total. The zero-order chi connectivity index (χ0) is 20.9. The summed E-state index contributed by atoms with van der Waals surface area (Å²) in [5.74, 6) is 0.453. The van der Waals surface area contributed by atoms with Gasteiger partial charge in [-0.1, -0.05) is 0 Å². The Bertz CT molecular complexity index is 1180. The van der Waals surface area contributed by atoms with E-state index in [0.717, 1.165) is 27.1 Å². The molecule has 0 spiro atoms. The number of carbonyl (C=O) groups excluding carboxylic acids is 1. The van der Waals surface area contributed by atoms with Crippen molar-refractivity contribution >= 4 is 33.3 Å². The monoisotopic (exact) mass is 413 g/mol. The molecule has 1 atom stereocenters. The van der Waals surface area contributed by atoms with Crippen LogP contribution in [0.1, 0.15) is 34.2 Å². The Morgan fingerprint density at radius 1 is 1.31 bits per heavy atom. The van der Waals surface area contributed by atoms with E-state index in [9.17, 15) is 9.59 Å². The second kappa shape index (κ2) is 7.18. The fourth-order valence-corrected chi connectivity index (χ4v) is 4.58. The third-order valence-corrected chi connectivity index (χ3v) is 6.28. The maximum atomic E-state index is 13.0. The first kappa shape index (κ1) is 19.4. The van der Waals surface area contributed by atoms with Crippen LogP contribution >= 0.6 is 11.3 Å². The number of carbonyl (C=O) groups is 1. The lowest BCUT2D eigenvalue weighted by Gasteiger charge is -2.29. The Morgan fingerprint density at radius 3 is 2.83 bits per heavy atom. The van der Waals surface area contributed by atoms with Crippen molar-refractivity contribution in [3.8, 4) is 5.75 Å². The zero-order valence-electron chi connectivity index (χ0n) is 16.9. The van der Waals surface area contributed by atoms with Crippen LogP contribution in [-0.4, -0.2) is 28.4 Å². The van der Waals surface area contributed by atoms with Gasteiger partial charge >= 0.3 is 5.63 Å². The van der Waals surface area contributed by atoms with Crippen molar-refractivity contribution < 1.29 is 13.9 Å². The molecule has 8 heteroatoms. The van der Waals surface area contributed by atoms with Crippen LogP contribution in [-0.2, 0) is 17.8 Å². The first-order valence-electron chi connectivity index (χ1n) is 9.48. The lowest BCUT2D eigenvalue weighted by atomic mass is 10.0. The number of ether oxygens (including phenoxy) is 1. The summed E-state index contributed by atoms with van der Waals surface area (Å²) < 4.78 is 11.5. The number of aryl methyl sites for hydroxylation is 2. The molecule has 0 saturated heterocycles. The minimum atomic E-state index is -0.682. The third-order valence-electron chi connectivity index (χ3n) is 5.37. The SMILES string of the molecule is Cc1cc(OC(C)C(=O)N2CCc3nc(N)sc3C2)c2c(C)c(C)c(=O)oc2c1. The number of hydrogen-bond donors (Lipinski definition) is 1. The molecule has 1 aliphatic rings. The number of benzene rings is 1. The van der Waals surface area contributed by atoms with Crippen LogP contribution in [0.5, 0.6) is 5.75 Å². The first-order chi connectivity index (χ1) is 13.7. The van der Waals surface area contributed by atoms with Gasteiger partial charge in [-0.05, 0) is 51.0 Å². The average Bonchev–Trinajstić information content (AvgIpc) is 3.04. The normalized spacial score (nSPS) is 14.7. The van der Waals surface area contributed by atoms with Crippen LogP contribution in [0.3, 0.4) is 0 Å². The number of rotatable bonds is 3. The van der Waals surface area contributed by atoms with Crippen LogP contribution < -0.4 is 16.1 Å². The van der Waals surface area contributed by atoms with Gasteiger partial charge in [-0.15, -0.1) is 11.3 Å². The molecule has 1 aliphatic heterocycles. The second-order valence-electron chi connectivity index (χ2n) is 7.47. The molecule has 1 amide bonds. The van der Waals surface area contributed by atoms with Gasteiger partial charge in [-0.3, -0.25) is 4.79 Å². The van der Waals surface area contributed by atoms with Crippen molar-refractivity contribution in [1.82, 2.24) is 9.88 Å². The predicted molar refractivity (Wildman–Crippen MR) is 112 cm³/mol. The molecule has 0 bridgehead atoms. The molecular formula is C21H23N3O4S. The van der Waals surface area contributed by atoms with E-state index in [1.54, 1.807) is 18.7 Å². The molecule has 0 aliphatic carbocycles. The highest BCUT2D eigenvalue weighted by atomic mass is 32.1. The lowest BCUT2D eigenvalue weighted by molar-refractivity contribution is -0.138. The molecule has 0 radical (unpaired) electrons. The molecule has 152 valence electrons. The Balaban J connectivity index is 1.62. The minimum Gasteiger partial charge on any atom is -0.480 e. The highest BCUT2D eigenvalue weighted by Crippen LogP contribution is 2.32. The molecule has 4 rings (SSSR count). The number of anilines is 1. The van der Waals surface area contributed by atoms with Gasteiger partial charge in [0, 0.05) is 23.4 Å². The zero-order valence-corrected chi connectivity index (χ0v) is 17.7. The Morgan fingerprint density at radius 2 is 2.07 bits per heavy atom. The molecule has 29 heavy (non-hydrogen) atoms. The van der Waals surface area contributed by atoms with Crippen molar-refractivity contribution in [3.05, 3.63) is 49.8 Å². The summed E-state index contributed by atoms with van der Waals surface area (Å²) in [5, 5.41) is 1.26. The van der Waals surface area contributed by atoms with E-state index in [-0.39, 0.29) is 11.5 Å². The number of nitrogen functional groups attached to an aromatic ring is 1. The molecule has 3 aromatic rings. The fourth-order valence-electron chi connectivity index (χ4n) is 3.68. The summed E-state index contributed by atoms with van der Waals surface area (Å²) >= 11 is 1.43. The van der Waals surface area contributed by atoms with E-state index >= 15 is 0 Å². The van der Waals surface area contributed by atoms with E-state index in [1.807, 2.05) is 26.0 Å². The lowest BCUT2D eigenvalue weighted by Crippen LogP contribution is -2.42. The van der Waals surface area contributed by atoms with Gasteiger partial charge in [0.1, 0.15) is 11.3 Å². The highest BCUT2D eigenvalue weighted by molar-refractivity contribution is 7.15.